The molecule has 0 aliphatic heterocycles. The minimum Gasteiger partial charge on any atom is -0.493 e. The molecule has 4 rings (SSSR count). The third-order valence-corrected chi connectivity index (χ3v) is 9.88. The second kappa shape index (κ2) is 22.1. The van der Waals surface area contributed by atoms with Crippen molar-refractivity contribution in [3.63, 3.8) is 0 Å². The van der Waals surface area contributed by atoms with Crippen molar-refractivity contribution >= 4 is 0 Å². The molecule has 0 saturated carbocycles. The Hall–Kier alpha value is -4.97. The quantitative estimate of drug-likeness (QED) is 0.0518. The predicted octanol–water partition coefficient (Wildman–Crippen LogP) is 15.2. The van der Waals surface area contributed by atoms with Gasteiger partial charge in [0.05, 0.1) is 13.2 Å². The number of rotatable bonds is 24. The zero-order chi connectivity index (χ0) is 46.7. The van der Waals surface area contributed by atoms with E-state index in [0.717, 1.165) is 64.7 Å². The van der Waals surface area contributed by atoms with Crippen molar-refractivity contribution in [2.45, 2.75) is 109 Å². The molecule has 0 spiro atoms. The van der Waals surface area contributed by atoms with Crippen LogP contribution in [0.2, 0.25) is 0 Å². The minimum absolute atomic E-state index is 0.00432. The van der Waals surface area contributed by atoms with Crippen LogP contribution < -0.4 is 18.9 Å². The second-order valence-electron chi connectivity index (χ2n) is 14.9. The molecule has 4 nitrogen and oxygen atoms in total. The van der Waals surface area contributed by atoms with Gasteiger partial charge in [-0.3, -0.25) is 0 Å². The Morgan fingerprint density at radius 2 is 0.683 bits per heavy atom. The molecule has 0 N–H and O–H groups in total. The van der Waals surface area contributed by atoms with E-state index in [1.54, 1.807) is 0 Å². The Labute approximate surface area is 353 Å². The maximum atomic E-state index is 14.6. The summed E-state index contributed by atoms with van der Waals surface area (Å²) in [5, 5.41) is 0. The largest absolute Gasteiger partial charge is 0.493 e. The van der Waals surface area contributed by atoms with Crippen molar-refractivity contribution in [2.75, 3.05) is 13.2 Å². The molecule has 1 unspecified atom stereocenters. The lowest BCUT2D eigenvalue weighted by molar-refractivity contribution is -0.190. The van der Waals surface area contributed by atoms with E-state index < -0.39 is 104 Å². The molecule has 4 aromatic rings. The second-order valence-corrected chi connectivity index (χ2v) is 14.9. The van der Waals surface area contributed by atoms with E-state index in [4.69, 9.17) is 9.47 Å². The number of alkyl halides is 7. The van der Waals surface area contributed by atoms with Crippen molar-refractivity contribution in [1.29, 1.82) is 0 Å². The number of hydrogen-bond donors (Lipinski definition) is 0. The zero-order valence-corrected chi connectivity index (χ0v) is 33.9. The standard InChI is InChI=1S/C44H43F15O4/c1-25(13-9-5-3-7-11-15-60-27-17-35(49)40(36(50)18-27)43(56,57)62-29-21-31(45)26(2)32(46)22-29)14-10-6-4-8-12-16-61-28-19-37(51)41(38(52)20-28)44(58,59)63-30-23-33(47)39(34(48)24-30)42(53,54)55/h17-25H,3-16H2,1-2H3. The first-order valence-corrected chi connectivity index (χ1v) is 19.9. The highest BCUT2D eigenvalue weighted by Gasteiger charge is 2.44. The number of unbranched alkanes of at least 4 members (excludes halogenated alkanes) is 8. The highest BCUT2D eigenvalue weighted by atomic mass is 19.4. The monoisotopic (exact) mass is 920 g/mol. The van der Waals surface area contributed by atoms with E-state index in [1.807, 2.05) is 0 Å². The Kier molecular flexibility index (Phi) is 17.8. The summed E-state index contributed by atoms with van der Waals surface area (Å²) in [5.41, 5.74) is -6.48. The molecule has 0 fully saturated rings. The zero-order valence-electron chi connectivity index (χ0n) is 33.9. The maximum Gasteiger partial charge on any atom is 0.432 e. The van der Waals surface area contributed by atoms with Crippen LogP contribution in [0.3, 0.4) is 0 Å². The molecular formula is C44H43F15O4. The SMILES string of the molecule is Cc1c(F)cc(OC(F)(F)c2c(F)cc(OCCCCCCCC(C)CCCCCCCOc3cc(F)c(C(F)(F)Oc4cc(F)c(C(F)(F)F)c(F)c4)c(F)c3)cc2F)cc1F. The Morgan fingerprint density at radius 1 is 0.397 bits per heavy atom. The van der Waals surface area contributed by atoms with Gasteiger partial charge in [0.25, 0.3) is 0 Å². The first-order chi connectivity index (χ1) is 29.5. The number of benzene rings is 4. The van der Waals surface area contributed by atoms with Crippen LogP contribution in [-0.4, -0.2) is 13.2 Å². The molecule has 19 heteroatoms. The molecule has 0 aliphatic rings. The highest BCUT2D eigenvalue weighted by molar-refractivity contribution is 5.37. The molecule has 0 aliphatic carbocycles. The van der Waals surface area contributed by atoms with Gasteiger partial charge >= 0.3 is 18.4 Å². The van der Waals surface area contributed by atoms with E-state index in [0.29, 0.717) is 61.6 Å². The van der Waals surface area contributed by atoms with Gasteiger partial charge in [-0.25, -0.2) is 35.1 Å². The summed E-state index contributed by atoms with van der Waals surface area (Å²) >= 11 is 0. The lowest BCUT2D eigenvalue weighted by atomic mass is 9.96. The van der Waals surface area contributed by atoms with Gasteiger partial charge in [-0.05, 0) is 25.7 Å². The number of ether oxygens (including phenoxy) is 4. The van der Waals surface area contributed by atoms with Gasteiger partial charge in [0.15, 0.2) is 0 Å². The maximum absolute atomic E-state index is 14.6. The molecule has 0 saturated heterocycles. The van der Waals surface area contributed by atoms with Crippen molar-refractivity contribution < 1.29 is 84.8 Å². The molecule has 63 heavy (non-hydrogen) atoms. The molecule has 0 heterocycles. The Balaban J connectivity index is 1.05. The topological polar surface area (TPSA) is 36.9 Å². The first kappa shape index (κ1) is 50.7. The molecule has 348 valence electrons. The van der Waals surface area contributed by atoms with Gasteiger partial charge in [0.2, 0.25) is 0 Å². The first-order valence-electron chi connectivity index (χ1n) is 19.9. The Morgan fingerprint density at radius 3 is 1.03 bits per heavy atom. The van der Waals surface area contributed by atoms with Crippen LogP contribution in [0, 0.1) is 59.4 Å². The van der Waals surface area contributed by atoms with E-state index in [9.17, 15) is 65.9 Å². The fraction of sp³-hybridized carbons (Fsp3) is 0.455. The summed E-state index contributed by atoms with van der Waals surface area (Å²) in [7, 11) is 0. The van der Waals surface area contributed by atoms with Crippen molar-refractivity contribution in [3.05, 3.63) is 117 Å². The van der Waals surface area contributed by atoms with Crippen molar-refractivity contribution in [2.24, 2.45) is 5.92 Å². The van der Waals surface area contributed by atoms with Crippen molar-refractivity contribution in [3.8, 4) is 23.0 Å². The number of hydrogen-bond acceptors (Lipinski definition) is 4. The van der Waals surface area contributed by atoms with Gasteiger partial charge < -0.3 is 18.9 Å². The molecule has 0 radical (unpaired) electrons. The van der Waals surface area contributed by atoms with Crippen LogP contribution in [0.25, 0.3) is 0 Å². The average Bonchev–Trinajstić information content (AvgIpc) is 3.13. The molecular weight excluding hydrogens is 877 g/mol. The molecule has 1 atom stereocenters. The highest BCUT2D eigenvalue weighted by Crippen LogP contribution is 2.41. The minimum atomic E-state index is -5.48. The van der Waals surface area contributed by atoms with Gasteiger partial charge in [0.1, 0.15) is 86.2 Å². The van der Waals surface area contributed by atoms with E-state index in [2.05, 4.69) is 16.4 Å². The van der Waals surface area contributed by atoms with E-state index in [-0.39, 0.29) is 31.1 Å². The summed E-state index contributed by atoms with van der Waals surface area (Å²) in [6.07, 6.45) is -5.03. The molecule has 0 amide bonds. The fourth-order valence-corrected chi connectivity index (χ4v) is 6.56. The number of halogens is 15. The van der Waals surface area contributed by atoms with E-state index in [1.165, 1.54) is 0 Å². The van der Waals surface area contributed by atoms with E-state index >= 15 is 0 Å². The predicted molar refractivity (Wildman–Crippen MR) is 200 cm³/mol. The normalized spacial score (nSPS) is 12.7. The van der Waals surface area contributed by atoms with Gasteiger partial charge in [-0.2, -0.15) is 30.7 Å². The van der Waals surface area contributed by atoms with Gasteiger partial charge in [-0.1, -0.05) is 71.1 Å². The molecule has 4 aromatic carbocycles. The summed E-state index contributed by atoms with van der Waals surface area (Å²) in [4.78, 5) is 0. The van der Waals surface area contributed by atoms with Crippen molar-refractivity contribution in [1.82, 2.24) is 0 Å². The summed E-state index contributed by atoms with van der Waals surface area (Å²) in [6.45, 7) is 3.29. The fourth-order valence-electron chi connectivity index (χ4n) is 6.56. The van der Waals surface area contributed by atoms with Crippen LogP contribution in [0.15, 0.2) is 48.5 Å². The summed E-state index contributed by atoms with van der Waals surface area (Å²) in [5.74, 6) is -16.6. The van der Waals surface area contributed by atoms with Crippen LogP contribution >= 0.6 is 0 Å². The van der Waals surface area contributed by atoms with Crippen LogP contribution in [-0.2, 0) is 18.4 Å². The molecule has 0 bridgehead atoms. The lowest BCUT2D eigenvalue weighted by Crippen LogP contribution is -2.25. The summed E-state index contributed by atoms with van der Waals surface area (Å²) in [6, 6.07) is 2.63. The van der Waals surface area contributed by atoms with Crippen LogP contribution in [0.4, 0.5) is 65.9 Å². The molecule has 0 aromatic heterocycles. The third-order valence-electron chi connectivity index (χ3n) is 9.88. The third kappa shape index (κ3) is 14.5. The van der Waals surface area contributed by atoms with Crippen LogP contribution in [0.1, 0.15) is 106 Å². The average molecular weight is 921 g/mol. The smallest absolute Gasteiger partial charge is 0.432 e. The Bertz CT molecular complexity index is 2050. The van der Waals surface area contributed by atoms with Gasteiger partial charge in [-0.15, -0.1) is 0 Å². The van der Waals surface area contributed by atoms with Gasteiger partial charge in [0, 0.05) is 54.1 Å². The summed E-state index contributed by atoms with van der Waals surface area (Å²) < 4.78 is 229. The van der Waals surface area contributed by atoms with Crippen LogP contribution in [0.5, 0.6) is 23.0 Å². The lowest BCUT2D eigenvalue weighted by Gasteiger charge is -2.20.